The molecule has 1 saturated heterocycles. The van der Waals surface area contributed by atoms with Crippen LogP contribution in [-0.2, 0) is 14.8 Å². The molecule has 18 heavy (non-hydrogen) atoms. The monoisotopic (exact) mass is 278 g/mol. The van der Waals surface area contributed by atoms with E-state index in [0.29, 0.717) is 19.4 Å². The summed E-state index contributed by atoms with van der Waals surface area (Å²) in [7, 11) is -3.35. The number of nitrogens with one attached hydrogen (secondary N) is 1. The minimum absolute atomic E-state index is 0.104. The highest BCUT2D eigenvalue weighted by Gasteiger charge is 2.37. The lowest BCUT2D eigenvalue weighted by Gasteiger charge is -2.25. The molecule has 0 aromatic rings. The molecule has 0 spiro atoms. The van der Waals surface area contributed by atoms with Crippen molar-refractivity contribution in [1.82, 2.24) is 9.62 Å². The standard InChI is InChI=1S/C11H22N2O4S/c1-8(2)9(7-14)12-11(15)10-5-4-6-13(10)18(3,16)17/h8-10,14H,4-7H2,1-3H3,(H,12,15)/t9-,10?/m1/s1. The number of hydrogen-bond acceptors (Lipinski definition) is 4. The van der Waals surface area contributed by atoms with Crippen LogP contribution in [0.3, 0.4) is 0 Å². The van der Waals surface area contributed by atoms with Crippen molar-refractivity contribution in [1.29, 1.82) is 0 Å². The Bertz CT molecular complexity index is 394. The first kappa shape index (κ1) is 15.4. The van der Waals surface area contributed by atoms with Gasteiger partial charge >= 0.3 is 0 Å². The maximum Gasteiger partial charge on any atom is 0.238 e. The summed E-state index contributed by atoms with van der Waals surface area (Å²) < 4.78 is 24.3. The first-order valence-electron chi connectivity index (χ1n) is 6.15. The average molecular weight is 278 g/mol. The van der Waals surface area contributed by atoms with Crippen LogP contribution in [-0.4, -0.2) is 55.2 Å². The summed E-state index contributed by atoms with van der Waals surface area (Å²) in [5.41, 5.74) is 0. The van der Waals surface area contributed by atoms with E-state index in [0.717, 1.165) is 6.26 Å². The number of carbonyl (C=O) groups excluding carboxylic acids is 1. The molecule has 1 rings (SSSR count). The SMILES string of the molecule is CC(C)[C@@H](CO)NC(=O)C1CCCN1S(C)(=O)=O. The van der Waals surface area contributed by atoms with E-state index in [4.69, 9.17) is 5.11 Å². The van der Waals surface area contributed by atoms with E-state index in [9.17, 15) is 13.2 Å². The molecule has 0 radical (unpaired) electrons. The molecule has 1 heterocycles. The third kappa shape index (κ3) is 3.66. The van der Waals surface area contributed by atoms with Crippen molar-refractivity contribution < 1.29 is 18.3 Å². The predicted molar refractivity (Wildman–Crippen MR) is 68.4 cm³/mol. The molecule has 2 N–H and O–H groups in total. The van der Waals surface area contributed by atoms with Crippen molar-refractivity contribution in [2.75, 3.05) is 19.4 Å². The fourth-order valence-electron chi connectivity index (χ4n) is 2.10. The number of aliphatic hydroxyl groups is 1. The summed E-state index contributed by atoms with van der Waals surface area (Å²) in [5, 5.41) is 11.9. The van der Waals surface area contributed by atoms with Crippen molar-refractivity contribution in [3.63, 3.8) is 0 Å². The van der Waals surface area contributed by atoms with Gasteiger partial charge in [-0.1, -0.05) is 13.8 Å². The van der Waals surface area contributed by atoms with Gasteiger partial charge in [0.2, 0.25) is 15.9 Å². The van der Waals surface area contributed by atoms with Gasteiger partial charge in [-0.15, -0.1) is 0 Å². The second-order valence-corrected chi connectivity index (χ2v) is 7.01. The molecular weight excluding hydrogens is 256 g/mol. The predicted octanol–water partition coefficient (Wildman–Crippen LogP) is -0.456. The number of sulfonamides is 1. The molecule has 0 aliphatic carbocycles. The normalized spacial score (nSPS) is 23.3. The maximum atomic E-state index is 12.0. The zero-order chi connectivity index (χ0) is 13.9. The molecule has 0 saturated carbocycles. The fraction of sp³-hybridized carbons (Fsp3) is 0.909. The van der Waals surface area contributed by atoms with Gasteiger partial charge in [-0.25, -0.2) is 8.42 Å². The quantitative estimate of drug-likeness (QED) is 0.713. The summed E-state index contributed by atoms with van der Waals surface area (Å²) in [5.74, 6) is -0.210. The van der Waals surface area contributed by atoms with Gasteiger partial charge in [-0.2, -0.15) is 4.31 Å². The molecule has 1 aliphatic heterocycles. The van der Waals surface area contributed by atoms with E-state index in [1.165, 1.54) is 4.31 Å². The van der Waals surface area contributed by atoms with Crippen LogP contribution in [0.25, 0.3) is 0 Å². The largest absolute Gasteiger partial charge is 0.394 e. The topological polar surface area (TPSA) is 86.7 Å². The highest BCUT2D eigenvalue weighted by Crippen LogP contribution is 2.20. The van der Waals surface area contributed by atoms with E-state index in [1.54, 1.807) is 0 Å². The number of amides is 1. The van der Waals surface area contributed by atoms with Gasteiger partial charge in [0.25, 0.3) is 0 Å². The molecule has 1 amide bonds. The third-order valence-corrected chi connectivity index (χ3v) is 4.55. The van der Waals surface area contributed by atoms with E-state index in [-0.39, 0.29) is 24.5 Å². The molecule has 1 aliphatic rings. The van der Waals surface area contributed by atoms with Crippen molar-refractivity contribution in [2.24, 2.45) is 5.92 Å². The smallest absolute Gasteiger partial charge is 0.238 e. The van der Waals surface area contributed by atoms with E-state index < -0.39 is 16.1 Å². The Morgan fingerprint density at radius 1 is 1.50 bits per heavy atom. The lowest BCUT2D eigenvalue weighted by atomic mass is 10.0. The molecule has 6 nitrogen and oxygen atoms in total. The first-order chi connectivity index (χ1) is 8.27. The van der Waals surface area contributed by atoms with Crippen molar-refractivity contribution in [3.8, 4) is 0 Å². The summed E-state index contributed by atoms with van der Waals surface area (Å²) in [6.07, 6.45) is 2.34. The number of aliphatic hydroxyl groups excluding tert-OH is 1. The molecule has 0 aromatic carbocycles. The number of hydrogen-bond donors (Lipinski definition) is 2. The number of nitrogens with zero attached hydrogens (tertiary/aromatic N) is 1. The van der Waals surface area contributed by atoms with Crippen LogP contribution < -0.4 is 5.32 Å². The summed E-state index contributed by atoms with van der Waals surface area (Å²) >= 11 is 0. The zero-order valence-corrected chi connectivity index (χ0v) is 11.9. The Morgan fingerprint density at radius 3 is 2.56 bits per heavy atom. The van der Waals surface area contributed by atoms with Crippen LogP contribution >= 0.6 is 0 Å². The second-order valence-electron chi connectivity index (χ2n) is 5.07. The Morgan fingerprint density at radius 2 is 2.11 bits per heavy atom. The van der Waals surface area contributed by atoms with Crippen LogP contribution in [0.5, 0.6) is 0 Å². The second kappa shape index (κ2) is 5.99. The molecule has 2 atom stereocenters. The third-order valence-electron chi connectivity index (χ3n) is 3.26. The Kier molecular flexibility index (Phi) is 5.12. The lowest BCUT2D eigenvalue weighted by Crippen LogP contribution is -2.50. The molecule has 0 aromatic heterocycles. The summed E-state index contributed by atoms with van der Waals surface area (Å²) in [6, 6.07) is -0.965. The van der Waals surface area contributed by atoms with Crippen LogP contribution in [0.1, 0.15) is 26.7 Å². The average Bonchev–Trinajstić information content (AvgIpc) is 2.73. The lowest BCUT2D eigenvalue weighted by molar-refractivity contribution is -0.125. The highest BCUT2D eigenvalue weighted by molar-refractivity contribution is 7.88. The van der Waals surface area contributed by atoms with E-state index in [2.05, 4.69) is 5.32 Å². The van der Waals surface area contributed by atoms with Crippen LogP contribution in [0.4, 0.5) is 0 Å². The highest BCUT2D eigenvalue weighted by atomic mass is 32.2. The van der Waals surface area contributed by atoms with E-state index in [1.807, 2.05) is 13.8 Å². The fourth-order valence-corrected chi connectivity index (χ4v) is 3.23. The number of carbonyl (C=O) groups is 1. The van der Waals surface area contributed by atoms with Gasteiger partial charge in [0, 0.05) is 6.54 Å². The summed E-state index contributed by atoms with van der Waals surface area (Å²) in [6.45, 7) is 4.03. The van der Waals surface area contributed by atoms with Gasteiger partial charge in [0.15, 0.2) is 0 Å². The maximum absolute atomic E-state index is 12.0. The van der Waals surface area contributed by atoms with E-state index >= 15 is 0 Å². The minimum atomic E-state index is -3.35. The Hall–Kier alpha value is -0.660. The van der Waals surface area contributed by atoms with Gasteiger partial charge in [0.05, 0.1) is 18.9 Å². The van der Waals surface area contributed by atoms with Gasteiger partial charge in [-0.3, -0.25) is 4.79 Å². The Balaban J connectivity index is 2.72. The van der Waals surface area contributed by atoms with Crippen molar-refractivity contribution >= 4 is 15.9 Å². The zero-order valence-electron chi connectivity index (χ0n) is 11.1. The molecular formula is C11H22N2O4S. The molecule has 106 valence electrons. The molecule has 0 bridgehead atoms. The minimum Gasteiger partial charge on any atom is -0.394 e. The molecule has 1 fully saturated rings. The van der Waals surface area contributed by atoms with Gasteiger partial charge < -0.3 is 10.4 Å². The van der Waals surface area contributed by atoms with Crippen molar-refractivity contribution in [3.05, 3.63) is 0 Å². The van der Waals surface area contributed by atoms with Gasteiger partial charge in [0.1, 0.15) is 6.04 Å². The Labute approximate surface area is 108 Å². The van der Waals surface area contributed by atoms with Crippen LogP contribution in [0.2, 0.25) is 0 Å². The van der Waals surface area contributed by atoms with Gasteiger partial charge in [-0.05, 0) is 18.8 Å². The van der Waals surface area contributed by atoms with Crippen LogP contribution in [0.15, 0.2) is 0 Å². The van der Waals surface area contributed by atoms with Crippen molar-refractivity contribution in [2.45, 2.75) is 38.8 Å². The first-order valence-corrected chi connectivity index (χ1v) is 8.00. The van der Waals surface area contributed by atoms with Crippen LogP contribution in [0, 0.1) is 5.92 Å². The molecule has 7 heteroatoms. The number of rotatable bonds is 5. The molecule has 1 unspecified atom stereocenters. The summed E-state index contributed by atoms with van der Waals surface area (Å²) in [4.78, 5) is 12.0.